The molecule has 0 aliphatic heterocycles. The van der Waals surface area contributed by atoms with E-state index >= 15 is 0 Å². The summed E-state index contributed by atoms with van der Waals surface area (Å²) >= 11 is 5.21. The fourth-order valence-electron chi connectivity index (χ4n) is 1.83. The third-order valence-electron chi connectivity index (χ3n) is 2.61. The normalized spacial score (nSPS) is 10.8. The van der Waals surface area contributed by atoms with Gasteiger partial charge in [-0.2, -0.15) is 0 Å². The molecule has 0 atom stereocenters. The van der Waals surface area contributed by atoms with E-state index in [1.165, 1.54) is 12.4 Å². The molecule has 0 fully saturated rings. The summed E-state index contributed by atoms with van der Waals surface area (Å²) in [5.74, 6) is -0.0618. The van der Waals surface area contributed by atoms with Crippen LogP contribution in [0.1, 0.15) is 25.3 Å². The molecule has 1 aromatic heterocycles. The number of nitrogens with zero attached hydrogens (tertiary/aromatic N) is 1. The lowest BCUT2D eigenvalue weighted by molar-refractivity contribution is 0.630. The fourth-order valence-corrected chi connectivity index (χ4v) is 2.22. The topological polar surface area (TPSA) is 28.7 Å². The monoisotopic (exact) mass is 248 g/mol. The van der Waals surface area contributed by atoms with Gasteiger partial charge in [-0.15, -0.1) is 0 Å². The van der Waals surface area contributed by atoms with Crippen molar-refractivity contribution >= 4 is 12.2 Å². The predicted molar refractivity (Wildman–Crippen MR) is 68.9 cm³/mol. The maximum atomic E-state index is 13.8. The maximum absolute atomic E-state index is 13.8. The van der Waals surface area contributed by atoms with Gasteiger partial charge in [0.05, 0.1) is 12.0 Å². The van der Waals surface area contributed by atoms with Gasteiger partial charge >= 0.3 is 0 Å². The van der Waals surface area contributed by atoms with E-state index in [0.29, 0.717) is 10.2 Å². The van der Waals surface area contributed by atoms with Crippen molar-refractivity contribution in [3.63, 3.8) is 0 Å². The van der Waals surface area contributed by atoms with Crippen molar-refractivity contribution in [3.05, 3.63) is 46.6 Å². The van der Waals surface area contributed by atoms with Gasteiger partial charge in [0.15, 0.2) is 0 Å². The van der Waals surface area contributed by atoms with Crippen molar-refractivity contribution in [1.82, 2.24) is 9.97 Å². The summed E-state index contributed by atoms with van der Waals surface area (Å²) in [6.45, 7) is 4.04. The number of benzene rings is 1. The number of hydrogen-bond acceptors (Lipinski definition) is 2. The average Bonchev–Trinajstić information content (AvgIpc) is 2.28. The van der Waals surface area contributed by atoms with Crippen molar-refractivity contribution in [2.45, 2.75) is 19.8 Å². The zero-order valence-electron chi connectivity index (χ0n) is 9.70. The van der Waals surface area contributed by atoms with E-state index < -0.39 is 0 Å². The van der Waals surface area contributed by atoms with E-state index in [1.54, 1.807) is 18.2 Å². The molecule has 1 aromatic carbocycles. The number of nitrogens with one attached hydrogen (secondary N) is 1. The molecule has 1 heterocycles. The summed E-state index contributed by atoms with van der Waals surface area (Å²) in [6, 6.07) is 6.65. The molecule has 0 aliphatic carbocycles. The van der Waals surface area contributed by atoms with Crippen molar-refractivity contribution in [2.75, 3.05) is 0 Å². The average molecular weight is 248 g/mol. The smallest absolute Gasteiger partial charge is 0.133 e. The van der Waals surface area contributed by atoms with Gasteiger partial charge < -0.3 is 4.98 Å². The highest BCUT2D eigenvalue weighted by atomic mass is 32.1. The van der Waals surface area contributed by atoms with Crippen molar-refractivity contribution in [1.29, 1.82) is 0 Å². The Morgan fingerprint density at radius 3 is 2.65 bits per heavy atom. The van der Waals surface area contributed by atoms with Crippen molar-refractivity contribution < 1.29 is 4.39 Å². The third kappa shape index (κ3) is 2.26. The molecule has 0 saturated carbocycles. The molecule has 0 amide bonds. The predicted octanol–water partition coefficient (Wildman–Crippen LogP) is 4.07. The molecule has 88 valence electrons. The number of halogens is 1. The zero-order chi connectivity index (χ0) is 12.4. The van der Waals surface area contributed by atoms with E-state index in [1.807, 2.05) is 13.8 Å². The number of aromatic amines is 1. The van der Waals surface area contributed by atoms with E-state index in [4.69, 9.17) is 12.2 Å². The number of hydrogen-bond donors (Lipinski definition) is 1. The lowest BCUT2D eigenvalue weighted by Crippen LogP contribution is -2.00. The minimum absolute atomic E-state index is 0.196. The van der Waals surface area contributed by atoms with Crippen molar-refractivity contribution in [2.24, 2.45) is 0 Å². The molecular weight excluding hydrogens is 235 g/mol. The van der Waals surface area contributed by atoms with E-state index in [-0.39, 0.29) is 11.7 Å². The molecule has 2 aromatic rings. The second-order valence-electron chi connectivity index (χ2n) is 4.13. The summed E-state index contributed by atoms with van der Waals surface area (Å²) in [4.78, 5) is 7.05. The highest BCUT2D eigenvalue weighted by Crippen LogP contribution is 2.28. The Bertz CT molecular complexity index is 590. The SMILES string of the molecule is CC(C)c1c(-c2ccccc2F)[nH]cnc1=S. The summed E-state index contributed by atoms with van der Waals surface area (Å²) < 4.78 is 14.3. The van der Waals surface area contributed by atoms with Crippen LogP contribution in [0.15, 0.2) is 30.6 Å². The Labute approximate surface area is 105 Å². The Hall–Kier alpha value is -1.55. The lowest BCUT2D eigenvalue weighted by Gasteiger charge is -2.12. The van der Waals surface area contributed by atoms with Crippen LogP contribution in [0, 0.1) is 10.5 Å². The quantitative estimate of drug-likeness (QED) is 0.812. The van der Waals surface area contributed by atoms with Crippen LogP contribution in [0.3, 0.4) is 0 Å². The zero-order valence-corrected chi connectivity index (χ0v) is 10.5. The first-order valence-electron chi connectivity index (χ1n) is 5.43. The summed E-state index contributed by atoms with van der Waals surface area (Å²) in [7, 11) is 0. The Balaban J connectivity index is 2.73. The number of rotatable bonds is 2. The van der Waals surface area contributed by atoms with Crippen LogP contribution >= 0.6 is 12.2 Å². The molecule has 4 heteroatoms. The molecule has 0 spiro atoms. The van der Waals surface area contributed by atoms with Gasteiger partial charge in [-0.1, -0.05) is 38.2 Å². The lowest BCUT2D eigenvalue weighted by atomic mass is 9.98. The first-order valence-corrected chi connectivity index (χ1v) is 5.84. The van der Waals surface area contributed by atoms with Crippen LogP contribution in [0.5, 0.6) is 0 Å². The molecular formula is C13H13FN2S. The van der Waals surface area contributed by atoms with Gasteiger partial charge in [0.2, 0.25) is 0 Å². The van der Waals surface area contributed by atoms with Crippen LogP contribution in [0.4, 0.5) is 4.39 Å². The van der Waals surface area contributed by atoms with E-state index in [2.05, 4.69) is 9.97 Å². The Kier molecular flexibility index (Phi) is 3.33. The molecule has 2 nitrogen and oxygen atoms in total. The van der Waals surface area contributed by atoms with Crippen LogP contribution in [-0.2, 0) is 0 Å². The van der Waals surface area contributed by atoms with Gasteiger partial charge in [0.25, 0.3) is 0 Å². The summed E-state index contributed by atoms with van der Waals surface area (Å²) in [5, 5.41) is 0. The molecule has 17 heavy (non-hydrogen) atoms. The largest absolute Gasteiger partial charge is 0.345 e. The third-order valence-corrected chi connectivity index (χ3v) is 2.94. The minimum Gasteiger partial charge on any atom is -0.345 e. The Morgan fingerprint density at radius 2 is 2.00 bits per heavy atom. The molecule has 1 N–H and O–H groups in total. The molecule has 0 bridgehead atoms. The highest BCUT2D eigenvalue weighted by molar-refractivity contribution is 7.71. The summed E-state index contributed by atoms with van der Waals surface area (Å²) in [6.07, 6.45) is 1.51. The van der Waals surface area contributed by atoms with Gasteiger partial charge in [-0.05, 0) is 18.1 Å². The van der Waals surface area contributed by atoms with E-state index in [0.717, 1.165) is 11.3 Å². The first-order chi connectivity index (χ1) is 8.11. The molecule has 0 radical (unpaired) electrons. The molecule has 0 aliphatic rings. The Morgan fingerprint density at radius 1 is 1.29 bits per heavy atom. The summed E-state index contributed by atoms with van der Waals surface area (Å²) in [5.41, 5.74) is 2.13. The van der Waals surface area contributed by atoms with Gasteiger partial charge in [0.1, 0.15) is 10.5 Å². The highest BCUT2D eigenvalue weighted by Gasteiger charge is 2.14. The number of aromatic nitrogens is 2. The van der Waals surface area contributed by atoms with Crippen LogP contribution in [0.2, 0.25) is 0 Å². The number of H-pyrrole nitrogens is 1. The van der Waals surface area contributed by atoms with Crippen LogP contribution in [-0.4, -0.2) is 9.97 Å². The minimum atomic E-state index is -0.258. The second-order valence-corrected chi connectivity index (χ2v) is 4.52. The molecule has 0 saturated heterocycles. The maximum Gasteiger partial charge on any atom is 0.133 e. The second kappa shape index (κ2) is 4.75. The van der Waals surface area contributed by atoms with Crippen molar-refractivity contribution in [3.8, 4) is 11.3 Å². The van der Waals surface area contributed by atoms with Gasteiger partial charge in [0, 0.05) is 11.1 Å². The first kappa shape index (κ1) is 11.9. The standard InChI is InChI=1S/C13H13FN2S/c1-8(2)11-12(15-7-16-13(11)17)9-5-3-4-6-10(9)14/h3-8H,1-2H3,(H,15,16,17). The van der Waals surface area contributed by atoms with Gasteiger partial charge in [-0.25, -0.2) is 9.37 Å². The van der Waals surface area contributed by atoms with Crippen LogP contribution < -0.4 is 0 Å². The van der Waals surface area contributed by atoms with Crippen LogP contribution in [0.25, 0.3) is 11.3 Å². The molecule has 0 unspecified atom stereocenters. The van der Waals surface area contributed by atoms with E-state index in [9.17, 15) is 4.39 Å². The molecule has 2 rings (SSSR count). The fraction of sp³-hybridized carbons (Fsp3) is 0.231. The van der Waals surface area contributed by atoms with Gasteiger partial charge in [-0.3, -0.25) is 0 Å².